The quantitative estimate of drug-likeness (QED) is 0.783. The van der Waals surface area contributed by atoms with E-state index in [-0.39, 0.29) is 0 Å². The zero-order chi connectivity index (χ0) is 15.2. The third-order valence-electron chi connectivity index (χ3n) is 4.39. The molecule has 2 rings (SSSR count). The van der Waals surface area contributed by atoms with Gasteiger partial charge >= 0.3 is 0 Å². The topological polar surface area (TPSA) is 15.3 Å². The summed E-state index contributed by atoms with van der Waals surface area (Å²) in [5, 5.41) is 4.96. The second kappa shape index (κ2) is 8.38. The van der Waals surface area contributed by atoms with E-state index in [2.05, 4.69) is 30.3 Å². The van der Waals surface area contributed by atoms with Gasteiger partial charge in [0.25, 0.3) is 0 Å². The first-order chi connectivity index (χ1) is 10.1. The highest BCUT2D eigenvalue weighted by atomic mass is 35.5. The number of likely N-dealkylation sites (tertiary alicyclic amines) is 1. The van der Waals surface area contributed by atoms with Crippen LogP contribution in [0.4, 0.5) is 0 Å². The number of rotatable bonds is 5. The minimum Gasteiger partial charge on any atom is -0.316 e. The van der Waals surface area contributed by atoms with Crippen LogP contribution in [-0.2, 0) is 0 Å². The van der Waals surface area contributed by atoms with E-state index in [1.807, 2.05) is 12.1 Å². The van der Waals surface area contributed by atoms with Crippen LogP contribution in [0.25, 0.3) is 0 Å². The molecule has 2 atom stereocenters. The zero-order valence-corrected chi connectivity index (χ0v) is 14.6. The van der Waals surface area contributed by atoms with Crippen molar-refractivity contribution in [3.05, 3.63) is 33.8 Å². The van der Waals surface area contributed by atoms with E-state index in [0.717, 1.165) is 24.7 Å². The molecule has 2 nitrogen and oxygen atoms in total. The summed E-state index contributed by atoms with van der Waals surface area (Å²) in [6, 6.07) is 6.36. The average Bonchev–Trinajstić information content (AvgIpc) is 2.64. The van der Waals surface area contributed by atoms with Gasteiger partial charge in [-0.2, -0.15) is 0 Å². The van der Waals surface area contributed by atoms with Crippen molar-refractivity contribution in [1.29, 1.82) is 0 Å². The number of hydrogen-bond donors (Lipinski definition) is 1. The van der Waals surface area contributed by atoms with Crippen LogP contribution >= 0.6 is 23.2 Å². The maximum atomic E-state index is 6.49. The van der Waals surface area contributed by atoms with Crippen molar-refractivity contribution in [3.63, 3.8) is 0 Å². The lowest BCUT2D eigenvalue weighted by Crippen LogP contribution is -2.35. The summed E-state index contributed by atoms with van der Waals surface area (Å²) < 4.78 is 0. The van der Waals surface area contributed by atoms with Gasteiger partial charge in [0.15, 0.2) is 0 Å². The Hall–Kier alpha value is -0.280. The summed E-state index contributed by atoms with van der Waals surface area (Å²) in [6.45, 7) is 5.46. The Bertz CT molecular complexity index is 450. The normalized spacial score (nSPS) is 24.0. The fourth-order valence-corrected chi connectivity index (χ4v) is 3.76. The fourth-order valence-electron chi connectivity index (χ4n) is 3.34. The zero-order valence-electron chi connectivity index (χ0n) is 13.0. The Morgan fingerprint density at radius 2 is 2.10 bits per heavy atom. The van der Waals surface area contributed by atoms with Crippen molar-refractivity contribution >= 4 is 23.2 Å². The lowest BCUT2D eigenvalue weighted by molar-refractivity contribution is 0.189. The van der Waals surface area contributed by atoms with Crippen LogP contribution in [-0.4, -0.2) is 31.6 Å². The van der Waals surface area contributed by atoms with Crippen molar-refractivity contribution in [2.75, 3.05) is 26.7 Å². The highest BCUT2D eigenvalue weighted by Gasteiger charge is 2.30. The lowest BCUT2D eigenvalue weighted by Gasteiger charge is -2.33. The van der Waals surface area contributed by atoms with Crippen LogP contribution < -0.4 is 5.32 Å². The largest absolute Gasteiger partial charge is 0.316 e. The molecule has 118 valence electrons. The van der Waals surface area contributed by atoms with Crippen LogP contribution in [0, 0.1) is 5.92 Å². The summed E-state index contributed by atoms with van der Waals surface area (Å²) in [4.78, 5) is 2.45. The summed E-state index contributed by atoms with van der Waals surface area (Å²) in [6.07, 6.45) is 4.96. The Morgan fingerprint density at radius 1 is 1.29 bits per heavy atom. The maximum Gasteiger partial charge on any atom is 0.0640 e. The number of nitrogens with zero attached hydrogens (tertiary/aromatic N) is 1. The number of nitrogens with one attached hydrogen (secondary N) is 1. The van der Waals surface area contributed by atoms with Crippen LogP contribution in [0.5, 0.6) is 0 Å². The van der Waals surface area contributed by atoms with E-state index in [9.17, 15) is 0 Å². The Kier molecular flexibility index (Phi) is 6.81. The third-order valence-corrected chi connectivity index (χ3v) is 5.22. The average molecular weight is 329 g/mol. The van der Waals surface area contributed by atoms with E-state index in [4.69, 9.17) is 23.2 Å². The van der Waals surface area contributed by atoms with E-state index in [1.165, 1.54) is 31.2 Å². The number of halogens is 2. The Balaban J connectivity index is 2.25. The number of benzene rings is 1. The molecule has 1 N–H and O–H groups in total. The van der Waals surface area contributed by atoms with Crippen LogP contribution in [0.15, 0.2) is 18.2 Å². The highest BCUT2D eigenvalue weighted by molar-refractivity contribution is 6.42. The third kappa shape index (κ3) is 4.35. The molecule has 0 aromatic heterocycles. The van der Waals surface area contributed by atoms with Crippen LogP contribution in [0.1, 0.15) is 44.2 Å². The minimum atomic E-state index is 0.350. The van der Waals surface area contributed by atoms with Crippen LogP contribution in [0.3, 0.4) is 0 Å². The summed E-state index contributed by atoms with van der Waals surface area (Å²) in [5.74, 6) is 0.583. The Morgan fingerprint density at radius 3 is 2.86 bits per heavy atom. The van der Waals surface area contributed by atoms with E-state index < -0.39 is 0 Å². The molecule has 21 heavy (non-hydrogen) atoms. The lowest BCUT2D eigenvalue weighted by atomic mass is 9.89. The second-order valence-corrected chi connectivity index (χ2v) is 6.81. The predicted molar refractivity (Wildman–Crippen MR) is 92.3 cm³/mol. The Labute approximate surface area is 138 Å². The van der Waals surface area contributed by atoms with Gasteiger partial charge in [0, 0.05) is 6.04 Å². The maximum absolute atomic E-state index is 6.49. The molecule has 0 bridgehead atoms. The van der Waals surface area contributed by atoms with Gasteiger partial charge in [0.1, 0.15) is 0 Å². The minimum absolute atomic E-state index is 0.350. The van der Waals surface area contributed by atoms with Crippen molar-refractivity contribution in [1.82, 2.24) is 10.2 Å². The van der Waals surface area contributed by atoms with Gasteiger partial charge in [-0.3, -0.25) is 4.90 Å². The van der Waals surface area contributed by atoms with Crippen molar-refractivity contribution in [2.24, 2.45) is 5.92 Å². The smallest absolute Gasteiger partial charge is 0.0640 e. The summed E-state index contributed by atoms with van der Waals surface area (Å²) in [7, 11) is 2.21. The van der Waals surface area contributed by atoms with Gasteiger partial charge in [-0.15, -0.1) is 0 Å². The summed E-state index contributed by atoms with van der Waals surface area (Å²) >= 11 is 12.7. The first-order valence-electron chi connectivity index (χ1n) is 8.00. The second-order valence-electron chi connectivity index (χ2n) is 6.03. The van der Waals surface area contributed by atoms with Gasteiger partial charge in [0.05, 0.1) is 10.0 Å². The molecule has 0 spiro atoms. The first kappa shape index (κ1) is 17.1. The van der Waals surface area contributed by atoms with Gasteiger partial charge in [-0.05, 0) is 63.5 Å². The van der Waals surface area contributed by atoms with E-state index in [0.29, 0.717) is 17.0 Å². The first-order valence-corrected chi connectivity index (χ1v) is 8.75. The molecule has 0 amide bonds. The summed E-state index contributed by atoms with van der Waals surface area (Å²) in [5.41, 5.74) is 1.18. The fraction of sp³-hybridized carbons (Fsp3) is 0.647. The molecule has 1 aromatic carbocycles. The molecule has 0 aliphatic carbocycles. The van der Waals surface area contributed by atoms with Crippen molar-refractivity contribution in [2.45, 2.75) is 38.6 Å². The standard InChI is InChI=1S/C17H26Cl2N2/c1-3-10-20-12-13-7-4-5-11-21(2)17(13)14-8-6-9-15(18)16(14)19/h6,8-9,13,17,20H,3-5,7,10-12H2,1-2H3. The van der Waals surface area contributed by atoms with E-state index in [1.54, 1.807) is 0 Å². The van der Waals surface area contributed by atoms with Gasteiger partial charge in [-0.25, -0.2) is 0 Å². The molecule has 4 heteroatoms. The molecular weight excluding hydrogens is 303 g/mol. The molecule has 2 unspecified atom stereocenters. The molecule has 0 radical (unpaired) electrons. The van der Waals surface area contributed by atoms with E-state index >= 15 is 0 Å². The molecule has 1 aliphatic heterocycles. The van der Waals surface area contributed by atoms with Crippen LogP contribution in [0.2, 0.25) is 10.0 Å². The van der Waals surface area contributed by atoms with Crippen molar-refractivity contribution in [3.8, 4) is 0 Å². The van der Waals surface area contributed by atoms with Crippen molar-refractivity contribution < 1.29 is 0 Å². The molecule has 0 saturated carbocycles. The SMILES string of the molecule is CCCNCC1CCCCN(C)C1c1cccc(Cl)c1Cl. The number of hydrogen-bond acceptors (Lipinski definition) is 2. The highest BCUT2D eigenvalue weighted by Crippen LogP contribution is 2.39. The van der Waals surface area contributed by atoms with Gasteiger partial charge in [0.2, 0.25) is 0 Å². The molecule has 1 aliphatic rings. The molecule has 1 heterocycles. The molecule has 1 saturated heterocycles. The monoisotopic (exact) mass is 328 g/mol. The molecule has 1 aromatic rings. The van der Waals surface area contributed by atoms with Gasteiger partial charge in [-0.1, -0.05) is 48.7 Å². The molecule has 1 fully saturated rings. The van der Waals surface area contributed by atoms with Gasteiger partial charge < -0.3 is 5.32 Å². The molecular formula is C17H26Cl2N2. The predicted octanol–water partition coefficient (Wildman–Crippen LogP) is 4.77.